The van der Waals surface area contributed by atoms with Crippen LogP contribution in [0.3, 0.4) is 0 Å². The van der Waals surface area contributed by atoms with Crippen LogP contribution in [0, 0.1) is 5.92 Å². The van der Waals surface area contributed by atoms with Crippen molar-refractivity contribution in [3.05, 3.63) is 28.2 Å². The summed E-state index contributed by atoms with van der Waals surface area (Å²) in [4.78, 5) is 14.4. The second-order valence-electron chi connectivity index (χ2n) is 6.00. The number of hydrogen-bond donors (Lipinski definition) is 1. The lowest BCUT2D eigenvalue weighted by molar-refractivity contribution is -0.139. The predicted octanol–water partition coefficient (Wildman–Crippen LogP) is 3.61. The Morgan fingerprint density at radius 3 is 2.65 bits per heavy atom. The molecule has 1 heterocycles. The molecule has 4 nitrogen and oxygen atoms in total. The third-order valence-electron chi connectivity index (χ3n) is 4.28. The Morgan fingerprint density at radius 2 is 2.04 bits per heavy atom. The Labute approximate surface area is 148 Å². The quantitative estimate of drug-likeness (QED) is 0.844. The number of amides is 1. The third-order valence-corrected chi connectivity index (χ3v) is 5.02. The van der Waals surface area contributed by atoms with E-state index in [4.69, 9.17) is 27.9 Å². The molecule has 1 aromatic rings. The van der Waals surface area contributed by atoms with Gasteiger partial charge in [-0.2, -0.15) is 0 Å². The molecule has 1 aliphatic rings. The fraction of sp³-hybridized carbons (Fsp3) is 0.588. The smallest absolute Gasteiger partial charge is 0.263 e. The molecule has 0 bridgehead atoms. The van der Waals surface area contributed by atoms with Crippen molar-refractivity contribution >= 4 is 29.1 Å². The molecule has 23 heavy (non-hydrogen) atoms. The highest BCUT2D eigenvalue weighted by atomic mass is 35.5. The topological polar surface area (TPSA) is 41.6 Å². The molecule has 1 N–H and O–H groups in total. The van der Waals surface area contributed by atoms with Crippen molar-refractivity contribution < 1.29 is 9.53 Å². The Morgan fingerprint density at radius 1 is 1.35 bits per heavy atom. The minimum Gasteiger partial charge on any atom is -0.481 e. The second kappa shape index (κ2) is 8.76. The van der Waals surface area contributed by atoms with Crippen LogP contribution in [-0.2, 0) is 4.79 Å². The van der Waals surface area contributed by atoms with Crippen molar-refractivity contribution in [3.8, 4) is 5.75 Å². The van der Waals surface area contributed by atoms with Crippen LogP contribution in [0.2, 0.25) is 10.0 Å². The van der Waals surface area contributed by atoms with E-state index in [1.54, 1.807) is 25.1 Å². The highest BCUT2D eigenvalue weighted by Crippen LogP contribution is 2.27. The summed E-state index contributed by atoms with van der Waals surface area (Å²) in [6, 6.07) is 5.03. The zero-order valence-corrected chi connectivity index (χ0v) is 15.2. The summed E-state index contributed by atoms with van der Waals surface area (Å²) < 4.78 is 5.71. The van der Waals surface area contributed by atoms with Gasteiger partial charge in [0.1, 0.15) is 5.75 Å². The van der Waals surface area contributed by atoms with Crippen LogP contribution >= 0.6 is 23.2 Å². The van der Waals surface area contributed by atoms with E-state index in [0.717, 1.165) is 32.5 Å². The van der Waals surface area contributed by atoms with Gasteiger partial charge in [-0.3, -0.25) is 4.79 Å². The molecular formula is C17H24Cl2N2O2. The standard InChI is InChI=1S/C17H24Cl2N2O2/c1-12(23-14-3-4-15(18)16(19)11-14)17(22)21-9-6-13(7-10-21)5-8-20-2/h3-4,11-13,20H,5-10H2,1-2H3. The van der Waals surface area contributed by atoms with Crippen molar-refractivity contribution in [1.82, 2.24) is 10.2 Å². The predicted molar refractivity (Wildman–Crippen MR) is 94.4 cm³/mol. The van der Waals surface area contributed by atoms with Crippen LogP contribution in [0.15, 0.2) is 18.2 Å². The monoisotopic (exact) mass is 358 g/mol. The zero-order valence-electron chi connectivity index (χ0n) is 13.6. The molecule has 0 radical (unpaired) electrons. The highest BCUT2D eigenvalue weighted by molar-refractivity contribution is 6.42. The lowest BCUT2D eigenvalue weighted by Crippen LogP contribution is -2.45. The van der Waals surface area contributed by atoms with Gasteiger partial charge in [-0.05, 0) is 57.8 Å². The van der Waals surface area contributed by atoms with Crippen LogP contribution in [0.1, 0.15) is 26.2 Å². The number of benzene rings is 1. The summed E-state index contributed by atoms with van der Waals surface area (Å²) in [5.74, 6) is 1.30. The van der Waals surface area contributed by atoms with Crippen molar-refractivity contribution in [2.24, 2.45) is 5.92 Å². The molecule has 0 spiro atoms. The van der Waals surface area contributed by atoms with Crippen molar-refractivity contribution in [3.63, 3.8) is 0 Å². The van der Waals surface area contributed by atoms with Gasteiger partial charge in [0.25, 0.3) is 5.91 Å². The summed E-state index contributed by atoms with van der Waals surface area (Å²) in [7, 11) is 1.97. The normalized spacial score (nSPS) is 17.1. The molecule has 0 aliphatic carbocycles. The van der Waals surface area contributed by atoms with Crippen LogP contribution in [-0.4, -0.2) is 43.6 Å². The van der Waals surface area contributed by atoms with Crippen LogP contribution in [0.25, 0.3) is 0 Å². The maximum atomic E-state index is 12.5. The summed E-state index contributed by atoms with van der Waals surface area (Å²) in [6.07, 6.45) is 2.77. The summed E-state index contributed by atoms with van der Waals surface area (Å²) >= 11 is 11.9. The van der Waals surface area contributed by atoms with Gasteiger partial charge in [0, 0.05) is 19.2 Å². The first-order valence-corrected chi connectivity index (χ1v) is 8.82. The number of nitrogens with zero attached hydrogens (tertiary/aromatic N) is 1. The average molecular weight is 359 g/mol. The zero-order chi connectivity index (χ0) is 16.8. The fourth-order valence-electron chi connectivity index (χ4n) is 2.85. The largest absolute Gasteiger partial charge is 0.481 e. The number of carbonyl (C=O) groups excluding carboxylic acids is 1. The lowest BCUT2D eigenvalue weighted by atomic mass is 9.93. The number of ether oxygens (including phenoxy) is 1. The van der Waals surface area contributed by atoms with Crippen molar-refractivity contribution in [1.29, 1.82) is 0 Å². The Bertz CT molecular complexity index is 531. The molecular weight excluding hydrogens is 335 g/mol. The minimum atomic E-state index is -0.527. The van der Waals surface area contributed by atoms with Gasteiger partial charge in [-0.1, -0.05) is 23.2 Å². The van der Waals surface area contributed by atoms with Gasteiger partial charge in [0.15, 0.2) is 6.10 Å². The van der Waals surface area contributed by atoms with Crippen LogP contribution in [0.4, 0.5) is 0 Å². The summed E-state index contributed by atoms with van der Waals surface area (Å²) in [5, 5.41) is 4.08. The minimum absolute atomic E-state index is 0.0307. The Hall–Kier alpha value is -0.970. The lowest BCUT2D eigenvalue weighted by Gasteiger charge is -2.33. The van der Waals surface area contributed by atoms with Crippen molar-refractivity contribution in [2.75, 3.05) is 26.7 Å². The number of nitrogens with one attached hydrogen (secondary N) is 1. The van der Waals surface area contributed by atoms with E-state index < -0.39 is 6.10 Å². The third kappa shape index (κ3) is 5.27. The van der Waals surface area contributed by atoms with E-state index >= 15 is 0 Å². The molecule has 128 valence electrons. The van der Waals surface area contributed by atoms with Gasteiger partial charge in [0.2, 0.25) is 0 Å². The van der Waals surface area contributed by atoms with E-state index in [-0.39, 0.29) is 5.91 Å². The Balaban J connectivity index is 1.84. The summed E-state index contributed by atoms with van der Waals surface area (Å²) in [5.41, 5.74) is 0. The molecule has 1 unspecified atom stereocenters. The summed E-state index contributed by atoms with van der Waals surface area (Å²) in [6.45, 7) is 4.43. The maximum absolute atomic E-state index is 12.5. The molecule has 1 amide bonds. The first kappa shape index (κ1) is 18.4. The molecule has 2 rings (SSSR count). The van der Waals surface area contributed by atoms with Gasteiger partial charge in [-0.25, -0.2) is 0 Å². The van der Waals surface area contributed by atoms with Gasteiger partial charge >= 0.3 is 0 Å². The van der Waals surface area contributed by atoms with Gasteiger partial charge in [-0.15, -0.1) is 0 Å². The molecule has 1 fully saturated rings. The van der Waals surface area contributed by atoms with E-state index in [1.807, 2.05) is 11.9 Å². The van der Waals surface area contributed by atoms with Gasteiger partial charge < -0.3 is 15.0 Å². The van der Waals surface area contributed by atoms with E-state index in [9.17, 15) is 4.79 Å². The molecule has 1 atom stereocenters. The number of halogens is 2. The van der Waals surface area contributed by atoms with Gasteiger partial charge in [0.05, 0.1) is 10.0 Å². The molecule has 0 saturated carbocycles. The van der Waals surface area contributed by atoms with Crippen LogP contribution < -0.4 is 10.1 Å². The Kier molecular flexibility index (Phi) is 7.00. The number of carbonyl (C=O) groups is 1. The van der Waals surface area contributed by atoms with Crippen molar-refractivity contribution in [2.45, 2.75) is 32.3 Å². The molecule has 1 saturated heterocycles. The first-order chi connectivity index (χ1) is 11.0. The first-order valence-electron chi connectivity index (χ1n) is 8.06. The van der Waals surface area contributed by atoms with E-state index in [2.05, 4.69) is 5.32 Å². The number of piperidine rings is 1. The maximum Gasteiger partial charge on any atom is 0.263 e. The molecule has 1 aliphatic heterocycles. The van der Waals surface area contributed by atoms with E-state index in [1.165, 1.54) is 6.42 Å². The average Bonchev–Trinajstić information content (AvgIpc) is 2.56. The molecule has 6 heteroatoms. The molecule has 1 aromatic carbocycles. The number of likely N-dealkylation sites (tertiary alicyclic amines) is 1. The fourth-order valence-corrected chi connectivity index (χ4v) is 3.14. The van der Waals surface area contributed by atoms with E-state index in [0.29, 0.717) is 21.7 Å². The molecule has 0 aromatic heterocycles. The number of rotatable bonds is 6. The highest BCUT2D eigenvalue weighted by Gasteiger charge is 2.26. The SMILES string of the molecule is CNCCC1CCN(C(=O)C(C)Oc2ccc(Cl)c(Cl)c2)CC1. The second-order valence-corrected chi connectivity index (χ2v) is 6.81. The number of hydrogen-bond acceptors (Lipinski definition) is 3. The van der Waals surface area contributed by atoms with Crippen LogP contribution in [0.5, 0.6) is 5.75 Å².